The van der Waals surface area contributed by atoms with Crippen molar-refractivity contribution >= 4 is 18.0 Å². The van der Waals surface area contributed by atoms with E-state index in [4.69, 9.17) is 9.47 Å². The van der Waals surface area contributed by atoms with Crippen LogP contribution in [0, 0.1) is 17.8 Å². The van der Waals surface area contributed by atoms with Gasteiger partial charge in [-0.2, -0.15) is 0 Å². The Kier molecular flexibility index (Phi) is 5.42. The van der Waals surface area contributed by atoms with Crippen molar-refractivity contribution in [3.05, 3.63) is 35.9 Å². The molecule has 1 amide bonds. The molecule has 4 aliphatic rings. The lowest BCUT2D eigenvalue weighted by Gasteiger charge is -2.56. The third kappa shape index (κ3) is 4.40. The summed E-state index contributed by atoms with van der Waals surface area (Å²) in [7, 11) is 0. The van der Waals surface area contributed by atoms with Gasteiger partial charge in [0.05, 0.1) is 6.61 Å². The first kappa shape index (κ1) is 19.0. The molecule has 0 heterocycles. The van der Waals surface area contributed by atoms with E-state index in [1.54, 1.807) is 6.08 Å². The second kappa shape index (κ2) is 7.98. The number of carbonyl (C=O) groups is 2. The van der Waals surface area contributed by atoms with Gasteiger partial charge in [-0.25, -0.2) is 4.79 Å². The van der Waals surface area contributed by atoms with E-state index in [0.29, 0.717) is 6.61 Å². The molecule has 1 N–H and O–H groups in total. The van der Waals surface area contributed by atoms with Gasteiger partial charge in [-0.05, 0) is 87.0 Å². The zero-order valence-electron chi connectivity index (χ0n) is 16.5. The first-order valence-electron chi connectivity index (χ1n) is 10.4. The summed E-state index contributed by atoms with van der Waals surface area (Å²) in [5.41, 5.74) is 0.828. The van der Waals surface area contributed by atoms with Crippen molar-refractivity contribution in [3.8, 4) is 5.75 Å². The molecule has 28 heavy (non-hydrogen) atoms. The van der Waals surface area contributed by atoms with Crippen molar-refractivity contribution < 1.29 is 19.1 Å². The maximum Gasteiger partial charge on any atom is 0.331 e. The van der Waals surface area contributed by atoms with Crippen molar-refractivity contribution in [2.24, 2.45) is 17.8 Å². The predicted octanol–water partition coefficient (Wildman–Crippen LogP) is 3.73. The monoisotopic (exact) mass is 383 g/mol. The molecule has 0 radical (unpaired) electrons. The number of hydrogen-bond acceptors (Lipinski definition) is 4. The summed E-state index contributed by atoms with van der Waals surface area (Å²) < 4.78 is 10.5. The number of benzene rings is 1. The van der Waals surface area contributed by atoms with Crippen molar-refractivity contribution in [1.82, 2.24) is 5.32 Å². The van der Waals surface area contributed by atoms with Crippen LogP contribution in [-0.2, 0) is 14.3 Å². The minimum absolute atomic E-state index is 0.0453. The quantitative estimate of drug-likeness (QED) is 0.576. The standard InChI is InChI=1S/C23H29NO4/c1-2-27-20-6-3-16(4-7-20)5-8-22(26)28-15-21(25)24-23-12-17-9-18(13-23)11-19(10-17)14-23/h3-8,17-19H,2,9-15H2,1H3,(H,24,25)/b8-5+. The molecule has 1 aromatic rings. The summed E-state index contributed by atoms with van der Waals surface area (Å²) in [6, 6.07) is 7.45. The van der Waals surface area contributed by atoms with Gasteiger partial charge in [0.1, 0.15) is 5.75 Å². The van der Waals surface area contributed by atoms with Crippen molar-refractivity contribution in [2.45, 2.75) is 51.0 Å². The van der Waals surface area contributed by atoms with Gasteiger partial charge in [0.15, 0.2) is 6.61 Å². The van der Waals surface area contributed by atoms with Crippen LogP contribution in [0.1, 0.15) is 51.0 Å². The lowest BCUT2D eigenvalue weighted by Crippen LogP contribution is -2.60. The molecule has 4 bridgehead atoms. The Morgan fingerprint density at radius 1 is 1.07 bits per heavy atom. The smallest absolute Gasteiger partial charge is 0.331 e. The molecule has 5 rings (SSSR count). The minimum Gasteiger partial charge on any atom is -0.494 e. The number of hydrogen-bond donors (Lipinski definition) is 1. The Morgan fingerprint density at radius 2 is 1.68 bits per heavy atom. The zero-order valence-corrected chi connectivity index (χ0v) is 16.5. The molecule has 0 aliphatic heterocycles. The Labute approximate surface area is 166 Å². The lowest BCUT2D eigenvalue weighted by atomic mass is 9.53. The molecule has 4 aliphatic carbocycles. The molecule has 150 valence electrons. The second-order valence-electron chi connectivity index (χ2n) is 8.69. The van der Waals surface area contributed by atoms with E-state index in [1.165, 1.54) is 25.3 Å². The summed E-state index contributed by atoms with van der Waals surface area (Å²) in [6.45, 7) is 2.34. The Bertz CT molecular complexity index is 717. The van der Waals surface area contributed by atoms with Crippen LogP contribution in [0.2, 0.25) is 0 Å². The number of nitrogens with one attached hydrogen (secondary N) is 1. The van der Waals surface area contributed by atoms with E-state index in [0.717, 1.165) is 48.3 Å². The predicted molar refractivity (Wildman–Crippen MR) is 107 cm³/mol. The molecule has 5 nitrogen and oxygen atoms in total. The fraction of sp³-hybridized carbons (Fsp3) is 0.565. The Morgan fingerprint density at radius 3 is 2.25 bits per heavy atom. The van der Waals surface area contributed by atoms with E-state index in [1.807, 2.05) is 31.2 Å². The normalized spacial score (nSPS) is 30.4. The minimum atomic E-state index is -0.505. The highest BCUT2D eigenvalue weighted by Gasteiger charge is 2.51. The third-order valence-corrected chi connectivity index (χ3v) is 6.39. The van der Waals surface area contributed by atoms with Gasteiger partial charge in [-0.15, -0.1) is 0 Å². The van der Waals surface area contributed by atoms with Gasteiger partial charge in [-0.3, -0.25) is 4.79 Å². The van der Waals surface area contributed by atoms with E-state index in [9.17, 15) is 9.59 Å². The topological polar surface area (TPSA) is 64.6 Å². The van der Waals surface area contributed by atoms with Gasteiger partial charge in [0, 0.05) is 11.6 Å². The molecule has 4 saturated carbocycles. The number of carbonyl (C=O) groups excluding carboxylic acids is 2. The third-order valence-electron chi connectivity index (χ3n) is 6.39. The molecular formula is C23H29NO4. The van der Waals surface area contributed by atoms with E-state index >= 15 is 0 Å². The lowest BCUT2D eigenvalue weighted by molar-refractivity contribution is -0.145. The van der Waals surface area contributed by atoms with Gasteiger partial charge in [0.2, 0.25) is 0 Å². The molecular weight excluding hydrogens is 354 g/mol. The summed E-state index contributed by atoms with van der Waals surface area (Å²) in [5, 5.41) is 3.22. The molecule has 0 aromatic heterocycles. The summed E-state index contributed by atoms with van der Waals surface area (Å²) in [4.78, 5) is 24.3. The molecule has 0 atom stereocenters. The van der Waals surface area contributed by atoms with Crippen LogP contribution >= 0.6 is 0 Å². The summed E-state index contributed by atoms with van der Waals surface area (Å²) >= 11 is 0. The van der Waals surface area contributed by atoms with Crippen molar-refractivity contribution in [1.29, 1.82) is 0 Å². The van der Waals surface area contributed by atoms with Gasteiger partial charge < -0.3 is 14.8 Å². The molecule has 0 saturated heterocycles. The highest BCUT2D eigenvalue weighted by molar-refractivity contribution is 5.89. The van der Waals surface area contributed by atoms with Gasteiger partial charge in [0.25, 0.3) is 5.91 Å². The van der Waals surface area contributed by atoms with Crippen LogP contribution in [0.3, 0.4) is 0 Å². The highest BCUT2D eigenvalue weighted by Crippen LogP contribution is 2.55. The van der Waals surface area contributed by atoms with Crippen LogP contribution < -0.4 is 10.1 Å². The molecule has 1 aromatic carbocycles. The number of esters is 1. The van der Waals surface area contributed by atoms with Gasteiger partial charge in [-0.1, -0.05) is 12.1 Å². The average molecular weight is 383 g/mol. The highest BCUT2D eigenvalue weighted by atomic mass is 16.5. The van der Waals surface area contributed by atoms with E-state index in [-0.39, 0.29) is 18.1 Å². The first-order chi connectivity index (χ1) is 13.5. The SMILES string of the molecule is CCOc1ccc(/C=C/C(=O)OCC(=O)NC23CC4CC(CC(C4)C2)C3)cc1. The van der Waals surface area contributed by atoms with E-state index < -0.39 is 5.97 Å². The first-order valence-corrected chi connectivity index (χ1v) is 10.4. The number of rotatable bonds is 7. The van der Waals surface area contributed by atoms with Crippen LogP contribution in [0.5, 0.6) is 5.75 Å². The molecule has 0 spiro atoms. The van der Waals surface area contributed by atoms with Gasteiger partial charge >= 0.3 is 5.97 Å². The number of amides is 1. The Balaban J connectivity index is 1.24. The van der Waals surface area contributed by atoms with Crippen LogP contribution in [0.25, 0.3) is 6.08 Å². The zero-order chi connectivity index (χ0) is 19.6. The molecule has 5 heteroatoms. The van der Waals surface area contributed by atoms with Crippen LogP contribution in [0.4, 0.5) is 0 Å². The molecule has 0 unspecified atom stereocenters. The maximum atomic E-state index is 12.4. The van der Waals surface area contributed by atoms with Crippen molar-refractivity contribution in [3.63, 3.8) is 0 Å². The fourth-order valence-electron chi connectivity index (χ4n) is 5.79. The van der Waals surface area contributed by atoms with Crippen LogP contribution in [0.15, 0.2) is 30.3 Å². The van der Waals surface area contributed by atoms with Crippen molar-refractivity contribution in [2.75, 3.05) is 13.2 Å². The fourth-order valence-corrected chi connectivity index (χ4v) is 5.79. The summed E-state index contributed by atoms with van der Waals surface area (Å²) in [6.07, 6.45) is 10.3. The second-order valence-corrected chi connectivity index (χ2v) is 8.69. The number of ether oxygens (including phenoxy) is 2. The largest absolute Gasteiger partial charge is 0.494 e. The molecule has 4 fully saturated rings. The Hall–Kier alpha value is -2.30. The summed E-state index contributed by atoms with van der Waals surface area (Å²) in [5.74, 6) is 2.42. The maximum absolute atomic E-state index is 12.4. The van der Waals surface area contributed by atoms with Crippen LogP contribution in [-0.4, -0.2) is 30.6 Å². The van der Waals surface area contributed by atoms with E-state index in [2.05, 4.69) is 5.32 Å². The average Bonchev–Trinajstić information content (AvgIpc) is 2.64.